The molecule has 0 aliphatic carbocycles. The number of nitrogens with one attached hydrogen (secondary N) is 1. The van der Waals surface area contributed by atoms with Crippen LogP contribution in [0.5, 0.6) is 0 Å². The van der Waals surface area contributed by atoms with E-state index in [9.17, 15) is 4.79 Å². The van der Waals surface area contributed by atoms with Crippen molar-refractivity contribution in [1.82, 2.24) is 24.8 Å². The molecule has 1 aliphatic rings. The van der Waals surface area contributed by atoms with Gasteiger partial charge in [-0.15, -0.1) is 11.3 Å². The molecule has 4 rings (SSSR count). The first kappa shape index (κ1) is 16.0. The van der Waals surface area contributed by atoms with Gasteiger partial charge >= 0.3 is 0 Å². The lowest BCUT2D eigenvalue weighted by Crippen LogP contribution is -2.40. The summed E-state index contributed by atoms with van der Waals surface area (Å²) < 4.78 is 0. The number of aromatic nitrogens is 4. The van der Waals surface area contributed by atoms with Crippen LogP contribution >= 0.6 is 11.3 Å². The van der Waals surface area contributed by atoms with Gasteiger partial charge in [0.2, 0.25) is 5.91 Å². The standard InChI is InChI=1S/C18H19N5OS/c1-12-15(25-11-22-12)2-3-16(24)23-9-6-14-17(21-10-20-14)18(23)13-4-7-19-8-5-13/h4-5,7-8,10-11,18H,2-3,6,9H2,1H3,(H,20,21). The molecule has 1 unspecified atom stereocenters. The van der Waals surface area contributed by atoms with E-state index in [1.54, 1.807) is 30.1 Å². The summed E-state index contributed by atoms with van der Waals surface area (Å²) in [5, 5.41) is 0. The number of thiazole rings is 1. The summed E-state index contributed by atoms with van der Waals surface area (Å²) in [5.41, 5.74) is 5.97. The van der Waals surface area contributed by atoms with E-state index in [4.69, 9.17) is 0 Å². The Labute approximate surface area is 150 Å². The van der Waals surface area contributed by atoms with Crippen molar-refractivity contribution in [1.29, 1.82) is 0 Å². The van der Waals surface area contributed by atoms with Crippen molar-refractivity contribution in [2.45, 2.75) is 32.2 Å². The van der Waals surface area contributed by atoms with E-state index in [1.807, 2.05) is 29.5 Å². The molecule has 7 heteroatoms. The molecule has 0 saturated heterocycles. The van der Waals surface area contributed by atoms with Crippen molar-refractivity contribution >= 4 is 17.2 Å². The van der Waals surface area contributed by atoms with Crippen molar-refractivity contribution in [3.8, 4) is 0 Å². The molecule has 1 aliphatic heterocycles. The summed E-state index contributed by atoms with van der Waals surface area (Å²) in [5.74, 6) is 0.156. The number of pyridine rings is 1. The van der Waals surface area contributed by atoms with Gasteiger partial charge in [0.1, 0.15) is 6.04 Å². The first-order chi connectivity index (χ1) is 12.2. The Kier molecular flexibility index (Phi) is 4.31. The van der Waals surface area contributed by atoms with Gasteiger partial charge in [0.15, 0.2) is 0 Å². The van der Waals surface area contributed by atoms with Crippen LogP contribution in [-0.2, 0) is 17.6 Å². The number of carbonyl (C=O) groups is 1. The van der Waals surface area contributed by atoms with E-state index < -0.39 is 0 Å². The minimum atomic E-state index is -0.145. The predicted octanol–water partition coefficient (Wildman–Crippen LogP) is 2.68. The Morgan fingerprint density at radius 2 is 2.20 bits per heavy atom. The van der Waals surface area contributed by atoms with Gasteiger partial charge < -0.3 is 9.88 Å². The van der Waals surface area contributed by atoms with E-state index in [-0.39, 0.29) is 11.9 Å². The SMILES string of the molecule is Cc1ncsc1CCC(=O)N1CCc2[nH]cnc2C1c1ccncc1. The normalized spacial score (nSPS) is 16.7. The maximum atomic E-state index is 13.0. The number of nitrogens with zero attached hydrogens (tertiary/aromatic N) is 4. The minimum absolute atomic E-state index is 0.145. The first-order valence-electron chi connectivity index (χ1n) is 8.34. The molecule has 1 atom stereocenters. The molecular formula is C18H19N5OS. The second-order valence-electron chi connectivity index (χ2n) is 6.15. The van der Waals surface area contributed by atoms with Crippen LogP contribution in [-0.4, -0.2) is 37.3 Å². The molecule has 4 heterocycles. The molecule has 3 aromatic heterocycles. The number of amides is 1. The van der Waals surface area contributed by atoms with E-state index in [2.05, 4.69) is 19.9 Å². The van der Waals surface area contributed by atoms with Crippen molar-refractivity contribution in [2.75, 3.05) is 6.54 Å². The van der Waals surface area contributed by atoms with Gasteiger partial charge in [0.25, 0.3) is 0 Å². The van der Waals surface area contributed by atoms with Crippen LogP contribution in [0.1, 0.15) is 40.0 Å². The highest BCUT2D eigenvalue weighted by molar-refractivity contribution is 7.09. The van der Waals surface area contributed by atoms with Crippen LogP contribution in [0.15, 0.2) is 36.4 Å². The summed E-state index contributed by atoms with van der Waals surface area (Å²) in [6.07, 6.45) is 7.28. The van der Waals surface area contributed by atoms with Gasteiger partial charge in [-0.05, 0) is 31.0 Å². The number of carbonyl (C=O) groups excluding carboxylic acids is 1. The smallest absolute Gasteiger partial charge is 0.223 e. The number of H-pyrrole nitrogens is 1. The summed E-state index contributed by atoms with van der Waals surface area (Å²) >= 11 is 1.62. The van der Waals surface area contributed by atoms with Crippen LogP contribution in [0.2, 0.25) is 0 Å². The highest BCUT2D eigenvalue weighted by Crippen LogP contribution is 2.33. The maximum Gasteiger partial charge on any atom is 0.223 e. The number of hydrogen-bond acceptors (Lipinski definition) is 5. The second kappa shape index (κ2) is 6.76. The Balaban J connectivity index is 1.59. The zero-order valence-corrected chi connectivity index (χ0v) is 14.8. The van der Waals surface area contributed by atoms with E-state index in [0.29, 0.717) is 13.0 Å². The van der Waals surface area contributed by atoms with Crippen molar-refractivity contribution in [3.05, 3.63) is 63.9 Å². The molecule has 1 amide bonds. The molecule has 0 bridgehead atoms. The molecule has 0 saturated carbocycles. The van der Waals surface area contributed by atoms with Gasteiger partial charge in [-0.3, -0.25) is 9.78 Å². The lowest BCUT2D eigenvalue weighted by Gasteiger charge is -2.35. The van der Waals surface area contributed by atoms with E-state index in [1.165, 1.54) is 4.88 Å². The molecule has 0 spiro atoms. The van der Waals surface area contributed by atoms with E-state index >= 15 is 0 Å². The summed E-state index contributed by atoms with van der Waals surface area (Å²) in [4.78, 5) is 32.2. The van der Waals surface area contributed by atoms with E-state index in [0.717, 1.165) is 35.5 Å². The molecule has 0 fully saturated rings. The zero-order valence-electron chi connectivity index (χ0n) is 14.0. The quantitative estimate of drug-likeness (QED) is 0.782. The summed E-state index contributed by atoms with van der Waals surface area (Å²) in [6.45, 7) is 2.69. The summed E-state index contributed by atoms with van der Waals surface area (Å²) in [6, 6.07) is 3.78. The number of imidazole rings is 1. The third-order valence-corrected chi connectivity index (χ3v) is 5.67. The fourth-order valence-corrected chi connectivity index (χ4v) is 4.14. The number of aromatic amines is 1. The minimum Gasteiger partial charge on any atom is -0.348 e. The monoisotopic (exact) mass is 353 g/mol. The average molecular weight is 353 g/mol. The van der Waals surface area contributed by atoms with Crippen LogP contribution < -0.4 is 0 Å². The predicted molar refractivity (Wildman–Crippen MR) is 95.3 cm³/mol. The number of aryl methyl sites for hydroxylation is 2. The van der Waals surface area contributed by atoms with Crippen LogP contribution in [0, 0.1) is 6.92 Å². The maximum absolute atomic E-state index is 13.0. The zero-order chi connectivity index (χ0) is 17.2. The van der Waals surface area contributed by atoms with Gasteiger partial charge in [-0.1, -0.05) is 0 Å². The molecule has 3 aromatic rings. The molecule has 0 radical (unpaired) electrons. The molecule has 1 N–H and O–H groups in total. The third-order valence-electron chi connectivity index (χ3n) is 4.68. The van der Waals surface area contributed by atoms with Crippen LogP contribution in [0.4, 0.5) is 0 Å². The van der Waals surface area contributed by atoms with Gasteiger partial charge in [0.05, 0.1) is 23.2 Å². The number of hydrogen-bond donors (Lipinski definition) is 1. The first-order valence-corrected chi connectivity index (χ1v) is 9.22. The van der Waals surface area contributed by atoms with Gasteiger partial charge in [-0.2, -0.15) is 0 Å². The Morgan fingerprint density at radius 1 is 1.36 bits per heavy atom. The van der Waals surface area contributed by atoms with Crippen molar-refractivity contribution in [3.63, 3.8) is 0 Å². The van der Waals surface area contributed by atoms with Crippen LogP contribution in [0.3, 0.4) is 0 Å². The molecule has 6 nitrogen and oxygen atoms in total. The fraction of sp³-hybridized carbons (Fsp3) is 0.333. The Hall–Kier alpha value is -2.54. The van der Waals surface area contributed by atoms with Crippen molar-refractivity contribution < 1.29 is 4.79 Å². The molecule has 0 aromatic carbocycles. The molecular weight excluding hydrogens is 334 g/mol. The third kappa shape index (κ3) is 3.07. The molecule has 25 heavy (non-hydrogen) atoms. The van der Waals surface area contributed by atoms with Gasteiger partial charge in [-0.25, -0.2) is 9.97 Å². The average Bonchev–Trinajstić information content (AvgIpc) is 3.28. The fourth-order valence-electron chi connectivity index (χ4n) is 3.36. The number of fused-ring (bicyclic) bond motifs is 1. The lowest BCUT2D eigenvalue weighted by molar-refractivity contribution is -0.133. The highest BCUT2D eigenvalue weighted by atomic mass is 32.1. The number of rotatable bonds is 4. The van der Waals surface area contributed by atoms with Crippen LogP contribution in [0.25, 0.3) is 0 Å². The van der Waals surface area contributed by atoms with Crippen molar-refractivity contribution in [2.24, 2.45) is 0 Å². The highest BCUT2D eigenvalue weighted by Gasteiger charge is 2.33. The largest absolute Gasteiger partial charge is 0.348 e. The Morgan fingerprint density at radius 3 is 2.96 bits per heavy atom. The topological polar surface area (TPSA) is 74.8 Å². The Bertz CT molecular complexity index is 872. The summed E-state index contributed by atoms with van der Waals surface area (Å²) in [7, 11) is 0. The molecule has 128 valence electrons. The second-order valence-corrected chi connectivity index (χ2v) is 7.09. The lowest BCUT2D eigenvalue weighted by atomic mass is 9.96. The van der Waals surface area contributed by atoms with Gasteiger partial charge in [0, 0.05) is 42.4 Å².